The van der Waals surface area contributed by atoms with E-state index in [1.165, 1.54) is 24.0 Å². The number of hydrogen-bond donors (Lipinski definition) is 0. The fourth-order valence-corrected chi connectivity index (χ4v) is 5.97. The molecule has 2 aromatic carbocycles. The smallest absolute Gasteiger partial charge is 0.248 e. The summed E-state index contributed by atoms with van der Waals surface area (Å²) >= 11 is 0. The maximum Gasteiger partial charge on any atom is 0.248 e. The Kier molecular flexibility index (Phi) is 7.79. The molecule has 6 heteroatoms. The molecule has 1 saturated heterocycles. The first kappa shape index (κ1) is 24.0. The lowest BCUT2D eigenvalue weighted by Crippen LogP contribution is -2.59. The molecule has 0 bridgehead atoms. The molecule has 0 spiro atoms. The van der Waals surface area contributed by atoms with Crippen LogP contribution in [0.4, 0.5) is 0 Å². The molecule has 1 unspecified atom stereocenters. The zero-order valence-corrected chi connectivity index (χ0v) is 20.6. The Hall–Kier alpha value is -2.70. The standard InChI is InChI=1S/C29H37N3O3/c33-27(22-35-21-23-8-2-1-3-9-23)30-16-18-31(19-17-30)28(25-11-5-6-12-25)29(34)32-15-14-24-10-4-7-13-26(24)20-32/h1-4,7-10,13,25,28H,5-6,11-12,14-22H2. The van der Waals surface area contributed by atoms with Crippen LogP contribution in [0.1, 0.15) is 42.4 Å². The van der Waals surface area contributed by atoms with E-state index >= 15 is 0 Å². The second-order valence-electron chi connectivity index (χ2n) is 10.2. The second kappa shape index (κ2) is 11.4. The van der Waals surface area contributed by atoms with Gasteiger partial charge in [-0.2, -0.15) is 0 Å². The van der Waals surface area contributed by atoms with Gasteiger partial charge in [-0.1, -0.05) is 67.4 Å². The lowest BCUT2D eigenvalue weighted by molar-refractivity contribution is -0.143. The number of fused-ring (bicyclic) bond motifs is 1. The van der Waals surface area contributed by atoms with Gasteiger partial charge in [-0.15, -0.1) is 0 Å². The number of nitrogens with zero attached hydrogens (tertiary/aromatic N) is 3. The van der Waals surface area contributed by atoms with E-state index in [-0.39, 0.29) is 24.5 Å². The van der Waals surface area contributed by atoms with Gasteiger partial charge in [0.1, 0.15) is 6.61 Å². The van der Waals surface area contributed by atoms with Gasteiger partial charge in [0.2, 0.25) is 11.8 Å². The van der Waals surface area contributed by atoms with Gasteiger partial charge in [0.15, 0.2) is 0 Å². The highest BCUT2D eigenvalue weighted by Crippen LogP contribution is 2.33. The number of carbonyl (C=O) groups excluding carboxylic acids is 2. The van der Waals surface area contributed by atoms with Crippen LogP contribution in [0, 0.1) is 5.92 Å². The predicted molar refractivity (Wildman–Crippen MR) is 136 cm³/mol. The highest BCUT2D eigenvalue weighted by molar-refractivity contribution is 5.83. The van der Waals surface area contributed by atoms with Gasteiger partial charge >= 0.3 is 0 Å². The summed E-state index contributed by atoms with van der Waals surface area (Å²) in [6, 6.07) is 18.4. The summed E-state index contributed by atoms with van der Waals surface area (Å²) in [4.78, 5) is 32.9. The van der Waals surface area contributed by atoms with Crippen molar-refractivity contribution >= 4 is 11.8 Å². The van der Waals surface area contributed by atoms with Crippen LogP contribution in [0.15, 0.2) is 54.6 Å². The molecule has 35 heavy (non-hydrogen) atoms. The first-order valence-electron chi connectivity index (χ1n) is 13.2. The van der Waals surface area contributed by atoms with Crippen LogP contribution < -0.4 is 0 Å². The van der Waals surface area contributed by atoms with Crippen molar-refractivity contribution < 1.29 is 14.3 Å². The third kappa shape index (κ3) is 5.76. The lowest BCUT2D eigenvalue weighted by atomic mass is 9.92. The molecular weight excluding hydrogens is 438 g/mol. The van der Waals surface area contributed by atoms with E-state index in [0.29, 0.717) is 25.6 Å². The van der Waals surface area contributed by atoms with Crippen molar-refractivity contribution in [2.45, 2.75) is 51.3 Å². The van der Waals surface area contributed by atoms with Crippen molar-refractivity contribution in [1.82, 2.24) is 14.7 Å². The first-order chi connectivity index (χ1) is 17.2. The predicted octanol–water partition coefficient (Wildman–Crippen LogP) is 3.49. The molecule has 3 aliphatic rings. The van der Waals surface area contributed by atoms with E-state index in [9.17, 15) is 9.59 Å². The Balaban J connectivity index is 1.17. The van der Waals surface area contributed by atoms with E-state index in [1.54, 1.807) is 0 Å². The zero-order valence-electron chi connectivity index (χ0n) is 20.6. The van der Waals surface area contributed by atoms with Gasteiger partial charge in [-0.25, -0.2) is 0 Å². The Morgan fingerprint density at radius 1 is 0.829 bits per heavy atom. The molecule has 1 aliphatic carbocycles. The van der Waals surface area contributed by atoms with Crippen molar-refractivity contribution in [3.05, 3.63) is 71.3 Å². The van der Waals surface area contributed by atoms with Crippen molar-refractivity contribution in [2.24, 2.45) is 5.92 Å². The van der Waals surface area contributed by atoms with E-state index in [1.807, 2.05) is 35.2 Å². The third-order valence-electron chi connectivity index (χ3n) is 7.94. The molecular formula is C29H37N3O3. The summed E-state index contributed by atoms with van der Waals surface area (Å²) in [6.45, 7) is 4.89. The quantitative estimate of drug-likeness (QED) is 0.615. The molecule has 1 saturated carbocycles. The molecule has 0 aromatic heterocycles. The zero-order chi connectivity index (χ0) is 24.0. The number of hydrogen-bond acceptors (Lipinski definition) is 4. The SMILES string of the molecule is O=C(COCc1ccccc1)N1CCN(C(C(=O)N2CCc3ccccc3C2)C2CCCC2)CC1. The highest BCUT2D eigenvalue weighted by atomic mass is 16.5. The summed E-state index contributed by atoms with van der Waals surface area (Å²) in [7, 11) is 0. The number of benzene rings is 2. The van der Waals surface area contributed by atoms with Gasteiger partial charge in [0.25, 0.3) is 0 Å². The number of rotatable bonds is 7. The molecule has 6 nitrogen and oxygen atoms in total. The molecule has 2 heterocycles. The Labute approximate surface area is 208 Å². The van der Waals surface area contributed by atoms with Crippen molar-refractivity contribution in [2.75, 3.05) is 39.3 Å². The molecule has 2 amide bonds. The number of amides is 2. The van der Waals surface area contributed by atoms with Crippen LogP contribution in [-0.4, -0.2) is 71.9 Å². The Morgan fingerprint density at radius 2 is 1.51 bits per heavy atom. The monoisotopic (exact) mass is 475 g/mol. The van der Waals surface area contributed by atoms with Gasteiger partial charge in [-0.05, 0) is 41.9 Å². The molecule has 186 valence electrons. The average molecular weight is 476 g/mol. The van der Waals surface area contributed by atoms with Gasteiger partial charge in [-0.3, -0.25) is 14.5 Å². The Morgan fingerprint density at radius 3 is 2.26 bits per heavy atom. The van der Waals surface area contributed by atoms with E-state index in [4.69, 9.17) is 4.74 Å². The second-order valence-corrected chi connectivity index (χ2v) is 10.2. The maximum atomic E-state index is 13.9. The van der Waals surface area contributed by atoms with Crippen LogP contribution in [0.5, 0.6) is 0 Å². The fourth-order valence-electron chi connectivity index (χ4n) is 5.97. The topological polar surface area (TPSA) is 53.1 Å². The van der Waals surface area contributed by atoms with Crippen LogP contribution >= 0.6 is 0 Å². The Bertz CT molecular complexity index is 997. The van der Waals surface area contributed by atoms with E-state index in [2.05, 4.69) is 34.1 Å². The minimum atomic E-state index is -0.0608. The molecule has 1 atom stereocenters. The van der Waals surface area contributed by atoms with Crippen LogP contribution in [0.2, 0.25) is 0 Å². The average Bonchev–Trinajstić information content (AvgIpc) is 3.44. The largest absolute Gasteiger partial charge is 0.367 e. The molecule has 5 rings (SSSR count). The lowest BCUT2D eigenvalue weighted by Gasteiger charge is -2.43. The number of ether oxygens (including phenoxy) is 1. The molecule has 2 aliphatic heterocycles. The first-order valence-corrected chi connectivity index (χ1v) is 13.2. The normalized spacial score (nSPS) is 20.0. The van der Waals surface area contributed by atoms with E-state index < -0.39 is 0 Å². The minimum Gasteiger partial charge on any atom is -0.367 e. The van der Waals surface area contributed by atoms with Gasteiger partial charge < -0.3 is 14.5 Å². The van der Waals surface area contributed by atoms with Crippen LogP contribution in [0.3, 0.4) is 0 Å². The van der Waals surface area contributed by atoms with Crippen molar-refractivity contribution in [3.8, 4) is 0 Å². The third-order valence-corrected chi connectivity index (χ3v) is 7.94. The van der Waals surface area contributed by atoms with Crippen molar-refractivity contribution in [3.63, 3.8) is 0 Å². The molecule has 0 radical (unpaired) electrons. The maximum absolute atomic E-state index is 13.9. The summed E-state index contributed by atoms with van der Waals surface area (Å²) in [6.07, 6.45) is 5.63. The fraction of sp³-hybridized carbons (Fsp3) is 0.517. The van der Waals surface area contributed by atoms with Gasteiger partial charge in [0, 0.05) is 39.3 Å². The van der Waals surface area contributed by atoms with E-state index in [0.717, 1.165) is 51.0 Å². The summed E-state index contributed by atoms with van der Waals surface area (Å²) in [5.74, 6) is 0.755. The summed E-state index contributed by atoms with van der Waals surface area (Å²) in [5, 5.41) is 0. The molecule has 2 aromatic rings. The number of piperazine rings is 1. The number of carbonyl (C=O) groups is 2. The van der Waals surface area contributed by atoms with Crippen LogP contribution in [-0.2, 0) is 33.9 Å². The van der Waals surface area contributed by atoms with Gasteiger partial charge in [0.05, 0.1) is 12.6 Å². The summed E-state index contributed by atoms with van der Waals surface area (Å²) < 4.78 is 5.67. The van der Waals surface area contributed by atoms with Crippen LogP contribution in [0.25, 0.3) is 0 Å². The highest BCUT2D eigenvalue weighted by Gasteiger charge is 2.39. The minimum absolute atomic E-state index is 0.0389. The van der Waals surface area contributed by atoms with Crippen molar-refractivity contribution in [1.29, 1.82) is 0 Å². The molecule has 0 N–H and O–H groups in total. The molecule has 2 fully saturated rings. The summed E-state index contributed by atoms with van der Waals surface area (Å²) in [5.41, 5.74) is 3.72.